The molecule has 1 saturated heterocycles. The Morgan fingerprint density at radius 3 is 2.87 bits per heavy atom. The molecule has 0 unspecified atom stereocenters. The van der Waals surface area contributed by atoms with E-state index in [9.17, 15) is 9.90 Å². The number of ether oxygens (including phenoxy) is 1. The number of aliphatic hydroxyl groups is 1. The molecular formula is C23H26N4O3. The van der Waals surface area contributed by atoms with Crippen LogP contribution in [0.25, 0.3) is 10.9 Å². The number of nitrogens with zero attached hydrogens (tertiary/aromatic N) is 4. The van der Waals surface area contributed by atoms with Gasteiger partial charge in [-0.15, -0.1) is 0 Å². The first-order valence-electron chi connectivity index (χ1n) is 10.1. The first-order valence-corrected chi connectivity index (χ1v) is 10.1. The van der Waals surface area contributed by atoms with Gasteiger partial charge in [0, 0.05) is 51.0 Å². The van der Waals surface area contributed by atoms with Crippen molar-refractivity contribution in [2.45, 2.75) is 12.6 Å². The zero-order valence-electron chi connectivity index (χ0n) is 17.1. The van der Waals surface area contributed by atoms with E-state index in [0.717, 1.165) is 29.7 Å². The smallest absolute Gasteiger partial charge is 0.254 e. The summed E-state index contributed by atoms with van der Waals surface area (Å²) in [7, 11) is 1.70. The summed E-state index contributed by atoms with van der Waals surface area (Å²) in [6, 6.07) is 13.5. The van der Waals surface area contributed by atoms with Gasteiger partial charge in [0.25, 0.3) is 5.91 Å². The number of aliphatic hydroxyl groups excluding tert-OH is 1. The molecule has 3 heterocycles. The predicted molar refractivity (Wildman–Crippen MR) is 114 cm³/mol. The van der Waals surface area contributed by atoms with Gasteiger partial charge in [-0.3, -0.25) is 14.7 Å². The molecule has 30 heavy (non-hydrogen) atoms. The van der Waals surface area contributed by atoms with Gasteiger partial charge in [-0.2, -0.15) is 0 Å². The van der Waals surface area contributed by atoms with Crippen molar-refractivity contribution >= 4 is 16.8 Å². The average molecular weight is 406 g/mol. The number of benzene rings is 1. The third kappa shape index (κ3) is 4.48. The molecule has 156 valence electrons. The van der Waals surface area contributed by atoms with Crippen molar-refractivity contribution in [2.24, 2.45) is 0 Å². The topological polar surface area (TPSA) is 78.8 Å². The van der Waals surface area contributed by atoms with Gasteiger partial charge in [-0.1, -0.05) is 18.2 Å². The fourth-order valence-electron chi connectivity index (χ4n) is 3.77. The maximum absolute atomic E-state index is 13.0. The summed E-state index contributed by atoms with van der Waals surface area (Å²) >= 11 is 0. The summed E-state index contributed by atoms with van der Waals surface area (Å²) in [5.41, 5.74) is 3.32. The molecule has 1 aliphatic rings. The van der Waals surface area contributed by atoms with Crippen molar-refractivity contribution in [2.75, 3.05) is 39.9 Å². The molecule has 1 fully saturated rings. The van der Waals surface area contributed by atoms with E-state index in [1.165, 1.54) is 10.5 Å². The number of pyridine rings is 2. The van der Waals surface area contributed by atoms with Crippen molar-refractivity contribution in [3.05, 3.63) is 71.7 Å². The monoisotopic (exact) mass is 406 g/mol. The lowest BCUT2D eigenvalue weighted by Crippen LogP contribution is -2.38. The number of hydrogen-bond acceptors (Lipinski definition) is 6. The standard InChI is InChI=1S/C23H26N4O3/c1-26(10-12-28)23(29)19-14-21(25-20-5-3-2-4-18(19)20)22-16-27(11-13-30-22)15-17-6-8-24-9-7-17/h2-9,14,22,28H,10-13,15-16H2,1H3/t22-/m0/s1. The Bertz CT molecular complexity index is 1010. The number of aromatic nitrogens is 2. The van der Waals surface area contributed by atoms with Crippen LogP contribution in [0, 0.1) is 0 Å². The summed E-state index contributed by atoms with van der Waals surface area (Å²) in [6.45, 7) is 3.18. The molecule has 0 spiro atoms. The molecule has 0 aliphatic carbocycles. The second-order valence-corrected chi connectivity index (χ2v) is 7.51. The zero-order valence-corrected chi connectivity index (χ0v) is 17.1. The van der Waals surface area contributed by atoms with Gasteiger partial charge in [0.05, 0.1) is 30.0 Å². The van der Waals surface area contributed by atoms with Crippen molar-refractivity contribution in [1.29, 1.82) is 0 Å². The summed E-state index contributed by atoms with van der Waals surface area (Å²) in [5.74, 6) is -0.131. The van der Waals surface area contributed by atoms with Gasteiger partial charge in [-0.25, -0.2) is 4.98 Å². The van der Waals surface area contributed by atoms with Gasteiger partial charge in [0.1, 0.15) is 6.10 Å². The SMILES string of the molecule is CN(CCO)C(=O)c1cc([C@@H]2CN(Cc3ccncc3)CCO2)nc2ccccc12. The number of carbonyl (C=O) groups is 1. The molecule has 2 aromatic heterocycles. The second kappa shape index (κ2) is 9.30. The fourth-order valence-corrected chi connectivity index (χ4v) is 3.77. The number of para-hydroxylation sites is 1. The number of carbonyl (C=O) groups excluding carboxylic acids is 1. The molecule has 3 aromatic rings. The Hall–Kier alpha value is -2.87. The van der Waals surface area contributed by atoms with Crippen LogP contribution >= 0.6 is 0 Å². The van der Waals surface area contributed by atoms with E-state index < -0.39 is 0 Å². The molecule has 0 bridgehead atoms. The molecule has 0 radical (unpaired) electrons. The lowest BCUT2D eigenvalue weighted by atomic mass is 10.0. The number of rotatable bonds is 6. The van der Waals surface area contributed by atoms with Crippen LogP contribution in [0.15, 0.2) is 54.9 Å². The summed E-state index contributed by atoms with van der Waals surface area (Å²) in [5, 5.41) is 10.0. The number of morpholine rings is 1. The predicted octanol–water partition coefficient (Wildman–Crippen LogP) is 2.27. The third-order valence-electron chi connectivity index (χ3n) is 5.38. The van der Waals surface area contributed by atoms with Gasteiger partial charge < -0.3 is 14.7 Å². The lowest BCUT2D eigenvalue weighted by Gasteiger charge is -2.33. The van der Waals surface area contributed by atoms with E-state index in [1.54, 1.807) is 19.4 Å². The second-order valence-electron chi connectivity index (χ2n) is 7.51. The van der Waals surface area contributed by atoms with E-state index in [4.69, 9.17) is 9.72 Å². The molecule has 1 atom stereocenters. The van der Waals surface area contributed by atoms with E-state index in [0.29, 0.717) is 18.7 Å². The van der Waals surface area contributed by atoms with Crippen LogP contribution in [0.2, 0.25) is 0 Å². The van der Waals surface area contributed by atoms with Gasteiger partial charge >= 0.3 is 0 Å². The lowest BCUT2D eigenvalue weighted by molar-refractivity contribution is -0.0348. The zero-order chi connectivity index (χ0) is 20.9. The van der Waals surface area contributed by atoms with Crippen LogP contribution in [0.3, 0.4) is 0 Å². The molecule has 7 nitrogen and oxygen atoms in total. The summed E-state index contributed by atoms with van der Waals surface area (Å²) in [6.07, 6.45) is 3.40. The molecule has 1 aliphatic heterocycles. The highest BCUT2D eigenvalue weighted by molar-refractivity contribution is 6.06. The van der Waals surface area contributed by atoms with Crippen LogP contribution in [0.5, 0.6) is 0 Å². The first-order chi connectivity index (χ1) is 14.7. The molecule has 1 N–H and O–H groups in total. The molecule has 7 heteroatoms. The Kier molecular flexibility index (Phi) is 6.32. The normalized spacial score (nSPS) is 17.2. The maximum Gasteiger partial charge on any atom is 0.254 e. The average Bonchev–Trinajstić information content (AvgIpc) is 2.79. The Labute approximate surface area is 175 Å². The number of fused-ring (bicyclic) bond motifs is 1. The number of hydrogen-bond donors (Lipinski definition) is 1. The van der Waals surface area contributed by atoms with Crippen molar-refractivity contribution in [3.8, 4) is 0 Å². The Morgan fingerprint density at radius 2 is 2.07 bits per heavy atom. The van der Waals surface area contributed by atoms with Crippen molar-refractivity contribution in [1.82, 2.24) is 19.8 Å². The van der Waals surface area contributed by atoms with Crippen LogP contribution in [0.4, 0.5) is 0 Å². The summed E-state index contributed by atoms with van der Waals surface area (Å²) in [4.78, 5) is 25.8. The fraction of sp³-hybridized carbons (Fsp3) is 0.348. The van der Waals surface area contributed by atoms with Gasteiger partial charge in [0.15, 0.2) is 0 Å². The number of amides is 1. The minimum Gasteiger partial charge on any atom is -0.395 e. The molecule has 1 amide bonds. The maximum atomic E-state index is 13.0. The molecular weight excluding hydrogens is 380 g/mol. The van der Waals surface area contributed by atoms with E-state index in [-0.39, 0.29) is 25.2 Å². The quantitative estimate of drug-likeness (QED) is 0.677. The summed E-state index contributed by atoms with van der Waals surface area (Å²) < 4.78 is 6.04. The largest absolute Gasteiger partial charge is 0.395 e. The van der Waals surface area contributed by atoms with Crippen molar-refractivity contribution < 1.29 is 14.6 Å². The minimum absolute atomic E-state index is 0.0756. The molecule has 4 rings (SSSR count). The highest BCUT2D eigenvalue weighted by atomic mass is 16.5. The molecule has 0 saturated carbocycles. The van der Waals surface area contributed by atoms with Crippen LogP contribution < -0.4 is 0 Å². The van der Waals surface area contributed by atoms with E-state index in [1.807, 2.05) is 42.5 Å². The Morgan fingerprint density at radius 1 is 1.27 bits per heavy atom. The molecule has 1 aromatic carbocycles. The number of likely N-dealkylation sites (N-methyl/N-ethyl adjacent to an activating group) is 1. The third-order valence-corrected chi connectivity index (χ3v) is 5.38. The minimum atomic E-state index is -0.208. The van der Waals surface area contributed by atoms with Crippen LogP contribution in [-0.4, -0.2) is 70.7 Å². The van der Waals surface area contributed by atoms with Crippen LogP contribution in [-0.2, 0) is 11.3 Å². The highest BCUT2D eigenvalue weighted by Gasteiger charge is 2.26. The van der Waals surface area contributed by atoms with Crippen molar-refractivity contribution in [3.63, 3.8) is 0 Å². The highest BCUT2D eigenvalue weighted by Crippen LogP contribution is 2.27. The van der Waals surface area contributed by atoms with E-state index in [2.05, 4.69) is 9.88 Å². The van der Waals surface area contributed by atoms with E-state index >= 15 is 0 Å². The Balaban J connectivity index is 1.62. The van der Waals surface area contributed by atoms with Gasteiger partial charge in [0.2, 0.25) is 0 Å². The van der Waals surface area contributed by atoms with Crippen LogP contribution in [0.1, 0.15) is 27.7 Å². The first kappa shape index (κ1) is 20.4. The van der Waals surface area contributed by atoms with Gasteiger partial charge in [-0.05, 0) is 29.8 Å².